The Hall–Kier alpha value is -4.09. The van der Waals surface area contributed by atoms with Crippen LogP contribution in [0.1, 0.15) is 19.4 Å². The van der Waals surface area contributed by atoms with Crippen molar-refractivity contribution in [3.05, 3.63) is 83.9 Å². The Balaban J connectivity index is 1.19. The van der Waals surface area contributed by atoms with Crippen molar-refractivity contribution < 1.29 is 19.4 Å². The molecule has 2 saturated heterocycles. The van der Waals surface area contributed by atoms with Crippen molar-refractivity contribution >= 4 is 46.1 Å². The van der Waals surface area contributed by atoms with Crippen LogP contribution in [0.2, 0.25) is 5.02 Å². The topological polar surface area (TPSA) is 84.3 Å². The summed E-state index contributed by atoms with van der Waals surface area (Å²) in [7, 11) is 0. The lowest BCUT2D eigenvalue weighted by molar-refractivity contribution is -0.135. The highest BCUT2D eigenvalue weighted by Gasteiger charge is 2.31. The standard InChI is InChI=1S/C37H45ClN6O4/c1-27(2)48-35-7-5-4-6-34(35)44-28(3)32-24-30(42-18-14-40(15-19-42)22-23-45)10-13-33(32)39-36(44)25-41-16-20-43(21-17-41)37(46)26-47-31-11-8-29(38)9-12-31/h4-13,24,27,45H,3,14-23,25-26H2,1-2H3. The molecule has 0 unspecified atom stereocenters. The zero-order valence-corrected chi connectivity index (χ0v) is 28.6. The van der Waals surface area contributed by atoms with E-state index in [1.165, 1.54) is 0 Å². The van der Waals surface area contributed by atoms with Gasteiger partial charge in [0.25, 0.3) is 5.91 Å². The first kappa shape index (κ1) is 33.8. The van der Waals surface area contributed by atoms with Crippen LogP contribution in [0.4, 0.5) is 17.1 Å². The first-order valence-electron chi connectivity index (χ1n) is 16.7. The summed E-state index contributed by atoms with van der Waals surface area (Å²) in [4.78, 5) is 29.2. The Morgan fingerprint density at radius 2 is 1.65 bits per heavy atom. The molecule has 3 aliphatic rings. The molecule has 0 atom stereocenters. The Morgan fingerprint density at radius 3 is 2.35 bits per heavy atom. The maximum Gasteiger partial charge on any atom is 0.260 e. The summed E-state index contributed by atoms with van der Waals surface area (Å²) >= 11 is 5.96. The number of carbonyl (C=O) groups is 1. The van der Waals surface area contributed by atoms with E-state index in [1.54, 1.807) is 24.3 Å². The Labute approximate surface area is 288 Å². The summed E-state index contributed by atoms with van der Waals surface area (Å²) in [6.07, 6.45) is 0.00210. The molecule has 0 aliphatic carbocycles. The lowest BCUT2D eigenvalue weighted by Gasteiger charge is -2.39. The largest absolute Gasteiger partial charge is 0.489 e. The Morgan fingerprint density at radius 1 is 0.938 bits per heavy atom. The van der Waals surface area contributed by atoms with Gasteiger partial charge in [-0.2, -0.15) is 0 Å². The van der Waals surface area contributed by atoms with Crippen LogP contribution in [-0.4, -0.2) is 116 Å². The number of amides is 1. The molecule has 254 valence electrons. The number of piperazine rings is 2. The highest BCUT2D eigenvalue weighted by atomic mass is 35.5. The van der Waals surface area contributed by atoms with Gasteiger partial charge < -0.3 is 24.4 Å². The predicted octanol–water partition coefficient (Wildman–Crippen LogP) is 4.99. The average molecular weight is 673 g/mol. The zero-order valence-electron chi connectivity index (χ0n) is 27.9. The summed E-state index contributed by atoms with van der Waals surface area (Å²) in [5, 5.41) is 9.98. The van der Waals surface area contributed by atoms with E-state index in [9.17, 15) is 9.90 Å². The van der Waals surface area contributed by atoms with E-state index in [2.05, 4.69) is 50.4 Å². The van der Waals surface area contributed by atoms with E-state index in [-0.39, 0.29) is 25.2 Å². The average Bonchev–Trinajstić information content (AvgIpc) is 3.09. The van der Waals surface area contributed by atoms with Gasteiger partial charge in [-0.25, -0.2) is 4.99 Å². The van der Waals surface area contributed by atoms with Crippen LogP contribution in [0.3, 0.4) is 0 Å². The molecule has 6 rings (SSSR count). The maximum atomic E-state index is 12.9. The molecule has 3 heterocycles. The molecule has 3 aromatic carbocycles. The molecule has 2 fully saturated rings. The number of hydrogen-bond donors (Lipinski definition) is 1. The van der Waals surface area contributed by atoms with Gasteiger partial charge in [0.1, 0.15) is 17.3 Å². The summed E-state index contributed by atoms with van der Waals surface area (Å²) in [5.74, 6) is 2.23. The number of halogens is 1. The van der Waals surface area contributed by atoms with Crippen LogP contribution in [-0.2, 0) is 4.79 Å². The van der Waals surface area contributed by atoms with Crippen LogP contribution in [0.15, 0.2) is 78.3 Å². The molecule has 3 aromatic rings. The third-order valence-electron chi connectivity index (χ3n) is 8.96. The number of nitrogens with zero attached hydrogens (tertiary/aromatic N) is 6. The highest BCUT2D eigenvalue weighted by Crippen LogP contribution is 2.42. The minimum atomic E-state index is -0.0334. The van der Waals surface area contributed by atoms with Crippen molar-refractivity contribution in [2.75, 3.05) is 88.5 Å². The van der Waals surface area contributed by atoms with Crippen molar-refractivity contribution in [3.63, 3.8) is 0 Å². The normalized spacial score (nSPS) is 17.4. The first-order chi connectivity index (χ1) is 23.3. The lowest BCUT2D eigenvalue weighted by atomic mass is 10.0. The molecule has 1 N–H and O–H groups in total. The van der Waals surface area contributed by atoms with Gasteiger partial charge in [-0.3, -0.25) is 19.5 Å². The van der Waals surface area contributed by atoms with Crippen molar-refractivity contribution in [2.24, 2.45) is 4.99 Å². The number of β-amino-alcohol motifs (C(OH)–C–C–N with tert-alkyl or cyclic N) is 1. The molecule has 48 heavy (non-hydrogen) atoms. The molecule has 0 aromatic heterocycles. The second-order valence-corrected chi connectivity index (χ2v) is 13.0. The lowest BCUT2D eigenvalue weighted by Crippen LogP contribution is -2.52. The number of aliphatic imine (C=N–C) groups is 1. The van der Waals surface area contributed by atoms with Crippen molar-refractivity contribution in [2.45, 2.75) is 20.0 Å². The number of aliphatic hydroxyl groups excluding tert-OH is 1. The summed E-state index contributed by atoms with van der Waals surface area (Å²) in [6.45, 7) is 16.4. The van der Waals surface area contributed by atoms with Crippen LogP contribution in [0, 0.1) is 0 Å². The number of rotatable bonds is 11. The molecular formula is C37H45ClN6O4. The molecule has 11 heteroatoms. The first-order valence-corrected chi connectivity index (χ1v) is 17.1. The summed E-state index contributed by atoms with van der Waals surface area (Å²) in [5.41, 5.74) is 4.78. The van der Waals surface area contributed by atoms with E-state index in [0.717, 1.165) is 66.1 Å². The second-order valence-electron chi connectivity index (χ2n) is 12.6. The van der Waals surface area contributed by atoms with Gasteiger partial charge in [0.2, 0.25) is 0 Å². The van der Waals surface area contributed by atoms with E-state index in [4.69, 9.17) is 26.1 Å². The van der Waals surface area contributed by atoms with E-state index >= 15 is 0 Å². The van der Waals surface area contributed by atoms with Crippen LogP contribution in [0.25, 0.3) is 5.70 Å². The molecule has 0 saturated carbocycles. The minimum Gasteiger partial charge on any atom is -0.489 e. The van der Waals surface area contributed by atoms with Gasteiger partial charge in [0.15, 0.2) is 6.61 Å². The van der Waals surface area contributed by atoms with E-state index in [1.807, 2.05) is 36.9 Å². The SMILES string of the molecule is C=C1c2cc(N3CCN(CCO)CC3)ccc2N=C(CN2CCN(C(=O)COc3ccc(Cl)cc3)CC2)N1c1ccccc1OC(C)C. The Kier molecular flexibility index (Phi) is 10.9. The van der Waals surface area contributed by atoms with Gasteiger partial charge in [-0.05, 0) is 68.4 Å². The van der Waals surface area contributed by atoms with Gasteiger partial charge in [0, 0.05) is 80.9 Å². The Bertz CT molecular complexity index is 1610. The second kappa shape index (κ2) is 15.4. The molecule has 3 aliphatic heterocycles. The monoisotopic (exact) mass is 672 g/mol. The van der Waals surface area contributed by atoms with Crippen LogP contribution >= 0.6 is 11.6 Å². The predicted molar refractivity (Wildman–Crippen MR) is 193 cm³/mol. The summed E-state index contributed by atoms with van der Waals surface area (Å²) in [6, 6.07) is 21.5. The smallest absolute Gasteiger partial charge is 0.260 e. The molecule has 0 bridgehead atoms. The molecule has 0 spiro atoms. The number of ether oxygens (including phenoxy) is 2. The minimum absolute atomic E-state index is 0.00210. The number of carbonyl (C=O) groups excluding carboxylic acids is 1. The summed E-state index contributed by atoms with van der Waals surface area (Å²) < 4.78 is 12.0. The van der Waals surface area contributed by atoms with E-state index in [0.29, 0.717) is 50.0 Å². The zero-order chi connectivity index (χ0) is 33.6. The number of para-hydroxylation sites is 2. The third kappa shape index (κ3) is 7.95. The molecular weight excluding hydrogens is 628 g/mol. The van der Waals surface area contributed by atoms with Crippen molar-refractivity contribution in [1.29, 1.82) is 0 Å². The fourth-order valence-corrected chi connectivity index (χ4v) is 6.52. The number of amidine groups is 1. The number of benzene rings is 3. The fourth-order valence-electron chi connectivity index (χ4n) is 6.39. The quantitative estimate of drug-likeness (QED) is 0.305. The van der Waals surface area contributed by atoms with Crippen molar-refractivity contribution in [1.82, 2.24) is 14.7 Å². The van der Waals surface area contributed by atoms with Crippen molar-refractivity contribution in [3.8, 4) is 11.5 Å². The fraction of sp³-hybridized carbons (Fsp3) is 0.405. The number of anilines is 2. The van der Waals surface area contributed by atoms with Gasteiger partial charge >= 0.3 is 0 Å². The third-order valence-corrected chi connectivity index (χ3v) is 9.21. The molecule has 1 amide bonds. The van der Waals surface area contributed by atoms with Crippen LogP contribution in [0.5, 0.6) is 11.5 Å². The molecule has 10 nitrogen and oxygen atoms in total. The molecule has 0 radical (unpaired) electrons. The van der Waals surface area contributed by atoms with Gasteiger partial charge in [-0.15, -0.1) is 0 Å². The number of aliphatic hydroxyl groups is 1. The van der Waals surface area contributed by atoms with Crippen LogP contribution < -0.4 is 19.3 Å². The van der Waals surface area contributed by atoms with Gasteiger partial charge in [-0.1, -0.05) is 30.3 Å². The van der Waals surface area contributed by atoms with Gasteiger partial charge in [0.05, 0.1) is 30.6 Å². The number of fused-ring (bicyclic) bond motifs is 1. The number of hydrogen-bond acceptors (Lipinski definition) is 9. The maximum absolute atomic E-state index is 12.9. The van der Waals surface area contributed by atoms with E-state index < -0.39 is 0 Å². The highest BCUT2D eigenvalue weighted by molar-refractivity contribution is 6.30.